The van der Waals surface area contributed by atoms with Crippen LogP contribution in [0.4, 0.5) is 0 Å². The van der Waals surface area contributed by atoms with Crippen molar-refractivity contribution in [3.8, 4) is 0 Å². The van der Waals surface area contributed by atoms with Crippen molar-refractivity contribution >= 4 is 10.9 Å². The van der Waals surface area contributed by atoms with Crippen molar-refractivity contribution in [1.29, 1.82) is 0 Å². The lowest BCUT2D eigenvalue weighted by Gasteiger charge is -2.33. The van der Waals surface area contributed by atoms with Gasteiger partial charge in [-0.1, -0.05) is 115 Å². The van der Waals surface area contributed by atoms with Crippen LogP contribution in [0.2, 0.25) is 0 Å². The maximum absolute atomic E-state index is 3.92. The van der Waals surface area contributed by atoms with Gasteiger partial charge in [-0.3, -0.25) is 4.90 Å². The van der Waals surface area contributed by atoms with Gasteiger partial charge in [-0.25, -0.2) is 0 Å². The molecule has 3 nitrogen and oxygen atoms in total. The van der Waals surface area contributed by atoms with Gasteiger partial charge in [-0.15, -0.1) is 6.58 Å². The van der Waals surface area contributed by atoms with Crippen molar-refractivity contribution in [1.82, 2.24) is 14.8 Å². The highest BCUT2D eigenvalue weighted by Crippen LogP contribution is 2.26. The molecule has 5 rings (SSSR count). The summed E-state index contributed by atoms with van der Waals surface area (Å²) in [5.74, 6) is 0.367. The number of aromatic amines is 1. The van der Waals surface area contributed by atoms with Gasteiger partial charge in [0.2, 0.25) is 0 Å². The third-order valence-corrected chi connectivity index (χ3v) is 7.98. The highest BCUT2D eigenvalue weighted by atomic mass is 15.2. The molecule has 0 fully saturated rings. The molecule has 3 heteroatoms. The molecule has 0 spiro atoms. The van der Waals surface area contributed by atoms with Crippen LogP contribution < -0.4 is 0 Å². The molecule has 0 radical (unpaired) electrons. The van der Waals surface area contributed by atoms with Gasteiger partial charge in [0, 0.05) is 42.8 Å². The van der Waals surface area contributed by atoms with E-state index in [0.29, 0.717) is 12.0 Å². The maximum atomic E-state index is 3.92. The molecular weight excluding hydrogens is 510 g/mol. The number of hydrogen-bond donors (Lipinski definition) is 1. The third-order valence-electron chi connectivity index (χ3n) is 7.98. The lowest BCUT2D eigenvalue weighted by molar-refractivity contribution is 0.177. The average molecular weight is 558 g/mol. The number of fused-ring (bicyclic) bond motifs is 1. The fourth-order valence-electron chi connectivity index (χ4n) is 5.56. The van der Waals surface area contributed by atoms with Gasteiger partial charge in [-0.05, 0) is 74.5 Å². The van der Waals surface area contributed by atoms with E-state index in [9.17, 15) is 0 Å². The molecule has 1 aromatic heterocycles. The number of rotatable bonds is 13. The molecule has 1 N–H and O–H groups in total. The monoisotopic (exact) mass is 557 g/mol. The van der Waals surface area contributed by atoms with E-state index in [1.54, 1.807) is 0 Å². The predicted molar refractivity (Wildman–Crippen MR) is 181 cm³/mol. The average Bonchev–Trinajstić information content (AvgIpc) is 3.41. The topological polar surface area (TPSA) is 22.3 Å². The fraction of sp³-hybridized carbons (Fsp3) is 0.282. The van der Waals surface area contributed by atoms with E-state index in [1.165, 1.54) is 33.3 Å². The van der Waals surface area contributed by atoms with Crippen LogP contribution in [0.15, 0.2) is 134 Å². The summed E-state index contributed by atoms with van der Waals surface area (Å²) < 4.78 is 0. The molecule has 0 saturated carbocycles. The number of hydrogen-bond acceptors (Lipinski definition) is 2. The largest absolute Gasteiger partial charge is 0.359 e. The molecule has 1 atom stereocenters. The van der Waals surface area contributed by atoms with Gasteiger partial charge < -0.3 is 9.88 Å². The maximum Gasteiger partial charge on any atom is 0.0455 e. The minimum atomic E-state index is 0.367. The summed E-state index contributed by atoms with van der Waals surface area (Å²) in [4.78, 5) is 8.31. The molecule has 218 valence electrons. The molecule has 42 heavy (non-hydrogen) atoms. The number of para-hydroxylation sites is 1. The van der Waals surface area contributed by atoms with Crippen LogP contribution in [0.5, 0.6) is 0 Å². The molecule has 0 aliphatic carbocycles. The van der Waals surface area contributed by atoms with Crippen LogP contribution in [0.25, 0.3) is 10.9 Å². The first-order valence-electron chi connectivity index (χ1n) is 15.2. The van der Waals surface area contributed by atoms with Crippen molar-refractivity contribution < 1.29 is 0 Å². The summed E-state index contributed by atoms with van der Waals surface area (Å²) in [6, 6.07) is 43.7. The summed E-state index contributed by atoms with van der Waals surface area (Å²) in [7, 11) is 2.19. The lowest BCUT2D eigenvalue weighted by Crippen LogP contribution is -2.42. The normalized spacial score (nSPS) is 12.0. The standard InChI is InChI=1S/C30H38N2.C9H9N/c1-4-22-31(3)26(2)24-32(23-14-17-27-15-8-5-9-16-27)25-30(28-18-10-6-11-19-28)29-20-12-7-13-21-29;1-7-6-8-4-2-3-5-9(8)10-7/h4-13,15-16,18-21,26,30H,1,14,17,22-25H2,2-3H3;2-6,10H,1H3/t26-;/m1./s1. The van der Waals surface area contributed by atoms with Crippen molar-refractivity contribution in [2.45, 2.75) is 38.6 Å². The Kier molecular flexibility index (Phi) is 12.2. The molecule has 0 bridgehead atoms. The SMILES string of the molecule is C=CCN(C)[C@H](C)CN(CCCc1ccccc1)CC(c1ccccc1)c1ccccc1.Cc1cc2ccccc2[nH]1. The van der Waals surface area contributed by atoms with E-state index >= 15 is 0 Å². The molecule has 0 amide bonds. The molecule has 1 heterocycles. The van der Waals surface area contributed by atoms with Crippen LogP contribution in [-0.2, 0) is 6.42 Å². The number of nitrogens with one attached hydrogen (secondary N) is 1. The zero-order chi connectivity index (χ0) is 29.6. The van der Waals surface area contributed by atoms with E-state index < -0.39 is 0 Å². The zero-order valence-corrected chi connectivity index (χ0v) is 25.6. The summed E-state index contributed by atoms with van der Waals surface area (Å²) in [6.07, 6.45) is 4.28. The summed E-state index contributed by atoms with van der Waals surface area (Å²) in [6.45, 7) is 12.4. The molecule has 0 aliphatic heterocycles. The minimum absolute atomic E-state index is 0.367. The van der Waals surface area contributed by atoms with Gasteiger partial charge in [0.25, 0.3) is 0 Å². The first-order chi connectivity index (χ1) is 20.5. The molecular formula is C39H47N3. The Morgan fingerprint density at radius 1 is 0.762 bits per heavy atom. The van der Waals surface area contributed by atoms with Crippen molar-refractivity contribution in [3.05, 3.63) is 156 Å². The van der Waals surface area contributed by atoms with Gasteiger partial charge in [0.15, 0.2) is 0 Å². The van der Waals surface area contributed by atoms with Crippen LogP contribution in [0.3, 0.4) is 0 Å². The Morgan fingerprint density at radius 3 is 1.93 bits per heavy atom. The molecule has 0 saturated heterocycles. The van der Waals surface area contributed by atoms with Crippen LogP contribution in [0.1, 0.15) is 41.6 Å². The number of H-pyrrole nitrogens is 1. The summed E-state index contributed by atoms with van der Waals surface area (Å²) in [5.41, 5.74) is 6.64. The Labute approximate surface area is 253 Å². The first-order valence-corrected chi connectivity index (χ1v) is 15.2. The predicted octanol–water partition coefficient (Wildman–Crippen LogP) is 8.74. The second-order valence-electron chi connectivity index (χ2n) is 11.3. The number of aromatic nitrogens is 1. The van der Waals surface area contributed by atoms with E-state index in [1.807, 2.05) is 12.1 Å². The van der Waals surface area contributed by atoms with E-state index in [-0.39, 0.29) is 0 Å². The number of likely N-dealkylation sites (N-methyl/N-ethyl adjacent to an activating group) is 1. The van der Waals surface area contributed by atoms with Crippen LogP contribution >= 0.6 is 0 Å². The number of benzene rings is 4. The number of aryl methyl sites for hydroxylation is 2. The van der Waals surface area contributed by atoms with E-state index in [4.69, 9.17) is 0 Å². The zero-order valence-electron chi connectivity index (χ0n) is 25.6. The summed E-state index contributed by atoms with van der Waals surface area (Å²) in [5, 5.41) is 1.29. The molecule has 0 unspecified atom stereocenters. The van der Waals surface area contributed by atoms with E-state index in [2.05, 4.69) is 158 Å². The quantitative estimate of drug-likeness (QED) is 0.146. The number of nitrogens with zero attached hydrogens (tertiary/aromatic N) is 2. The lowest BCUT2D eigenvalue weighted by atomic mass is 9.90. The van der Waals surface area contributed by atoms with Gasteiger partial charge >= 0.3 is 0 Å². The summed E-state index contributed by atoms with van der Waals surface area (Å²) >= 11 is 0. The Bertz CT molecular complexity index is 1370. The van der Waals surface area contributed by atoms with E-state index in [0.717, 1.165) is 39.0 Å². The Hall–Kier alpha value is -3.92. The van der Waals surface area contributed by atoms with Crippen molar-refractivity contribution in [2.24, 2.45) is 0 Å². The fourth-order valence-corrected chi connectivity index (χ4v) is 5.56. The van der Waals surface area contributed by atoms with Crippen LogP contribution in [-0.4, -0.2) is 54.1 Å². The first kappa shape index (κ1) is 31.0. The van der Waals surface area contributed by atoms with Gasteiger partial charge in [0.05, 0.1) is 0 Å². The molecule has 4 aromatic carbocycles. The van der Waals surface area contributed by atoms with Crippen LogP contribution in [0, 0.1) is 6.92 Å². The molecule has 5 aromatic rings. The minimum Gasteiger partial charge on any atom is -0.359 e. The van der Waals surface area contributed by atoms with Gasteiger partial charge in [-0.2, -0.15) is 0 Å². The smallest absolute Gasteiger partial charge is 0.0455 e. The van der Waals surface area contributed by atoms with Gasteiger partial charge in [0.1, 0.15) is 0 Å². The Morgan fingerprint density at radius 2 is 1.33 bits per heavy atom. The van der Waals surface area contributed by atoms with Crippen molar-refractivity contribution in [2.75, 3.05) is 33.2 Å². The second-order valence-corrected chi connectivity index (χ2v) is 11.3. The molecule has 0 aliphatic rings. The third kappa shape index (κ3) is 9.58. The van der Waals surface area contributed by atoms with Crippen molar-refractivity contribution in [3.63, 3.8) is 0 Å². The second kappa shape index (κ2) is 16.5. The Balaban J connectivity index is 0.000000337. The highest BCUT2D eigenvalue weighted by molar-refractivity contribution is 5.80. The highest BCUT2D eigenvalue weighted by Gasteiger charge is 2.20.